The van der Waals surface area contributed by atoms with Crippen molar-refractivity contribution in [1.82, 2.24) is 0 Å². The van der Waals surface area contributed by atoms with Crippen molar-refractivity contribution < 1.29 is 14.6 Å². The van der Waals surface area contributed by atoms with E-state index in [1.807, 2.05) is 42.5 Å². The van der Waals surface area contributed by atoms with Crippen LogP contribution < -0.4 is 0 Å². The van der Waals surface area contributed by atoms with Crippen molar-refractivity contribution in [1.29, 1.82) is 0 Å². The van der Waals surface area contributed by atoms with Crippen molar-refractivity contribution in [2.45, 2.75) is 6.42 Å². The third-order valence-corrected chi connectivity index (χ3v) is 2.63. The number of carbonyl (C=O) groups is 1. The number of rotatable bonds is 4. The monoisotopic (exact) mass is 242 g/mol. The smallest absolute Gasteiger partial charge is 0.293 e. The van der Waals surface area contributed by atoms with Crippen molar-refractivity contribution in [2.75, 3.05) is 7.11 Å². The summed E-state index contributed by atoms with van der Waals surface area (Å²) in [6.45, 7) is 0. The minimum atomic E-state index is -0.468. The Morgan fingerprint density at radius 3 is 2.39 bits per heavy atom. The Bertz CT molecular complexity index is 520. The molecule has 0 saturated heterocycles. The summed E-state index contributed by atoms with van der Waals surface area (Å²) < 4.78 is 0. The van der Waals surface area contributed by atoms with Gasteiger partial charge in [0.05, 0.1) is 12.7 Å². The van der Waals surface area contributed by atoms with Crippen molar-refractivity contribution in [3.05, 3.63) is 71.3 Å². The van der Waals surface area contributed by atoms with Gasteiger partial charge in [-0.2, -0.15) is 4.89 Å². The van der Waals surface area contributed by atoms with Crippen LogP contribution in [0.25, 0.3) is 0 Å². The van der Waals surface area contributed by atoms with Gasteiger partial charge < -0.3 is 0 Å². The minimum Gasteiger partial charge on any atom is -0.293 e. The van der Waals surface area contributed by atoms with Crippen LogP contribution in [0.3, 0.4) is 0 Å². The zero-order valence-electron chi connectivity index (χ0n) is 10.1. The van der Waals surface area contributed by atoms with Crippen LogP contribution in [-0.4, -0.2) is 13.1 Å². The fourth-order valence-corrected chi connectivity index (χ4v) is 1.81. The van der Waals surface area contributed by atoms with Gasteiger partial charge in [-0.25, -0.2) is 4.79 Å². The minimum absolute atomic E-state index is 0.468. The Kier molecular flexibility index (Phi) is 4.10. The van der Waals surface area contributed by atoms with Gasteiger partial charge in [0, 0.05) is 0 Å². The average Bonchev–Trinajstić information content (AvgIpc) is 2.41. The second kappa shape index (κ2) is 5.98. The summed E-state index contributed by atoms with van der Waals surface area (Å²) in [6, 6.07) is 17.3. The van der Waals surface area contributed by atoms with Crippen molar-refractivity contribution in [3.63, 3.8) is 0 Å². The Hall–Kier alpha value is -2.13. The first kappa shape index (κ1) is 12.3. The van der Waals surface area contributed by atoms with Gasteiger partial charge in [-0.05, 0) is 23.6 Å². The highest BCUT2D eigenvalue weighted by molar-refractivity contribution is 5.90. The molecule has 3 heteroatoms. The second-order valence-corrected chi connectivity index (χ2v) is 3.86. The molecule has 2 aromatic carbocycles. The van der Waals surface area contributed by atoms with Gasteiger partial charge in [0.2, 0.25) is 0 Å². The van der Waals surface area contributed by atoms with E-state index >= 15 is 0 Å². The summed E-state index contributed by atoms with van der Waals surface area (Å²) in [7, 11) is 1.32. The quantitative estimate of drug-likeness (QED) is 0.610. The zero-order chi connectivity index (χ0) is 12.8. The summed E-state index contributed by atoms with van der Waals surface area (Å²) in [5.74, 6) is -0.468. The average molecular weight is 242 g/mol. The van der Waals surface area contributed by atoms with Crippen LogP contribution in [0.4, 0.5) is 0 Å². The molecule has 2 rings (SSSR count). The van der Waals surface area contributed by atoms with E-state index in [0.717, 1.165) is 11.1 Å². The molecule has 0 spiro atoms. The van der Waals surface area contributed by atoms with Gasteiger partial charge >= 0.3 is 5.97 Å². The Morgan fingerprint density at radius 2 is 1.67 bits per heavy atom. The molecule has 0 aliphatic heterocycles. The highest BCUT2D eigenvalue weighted by Gasteiger charge is 2.12. The van der Waals surface area contributed by atoms with E-state index in [4.69, 9.17) is 0 Å². The predicted molar refractivity (Wildman–Crippen MR) is 68.1 cm³/mol. The maximum Gasteiger partial charge on any atom is 0.373 e. The summed E-state index contributed by atoms with van der Waals surface area (Å²) in [5.41, 5.74) is 2.60. The van der Waals surface area contributed by atoms with Crippen LogP contribution in [0.5, 0.6) is 0 Å². The Balaban J connectivity index is 2.25. The first-order valence-corrected chi connectivity index (χ1v) is 5.68. The third-order valence-electron chi connectivity index (χ3n) is 2.63. The highest BCUT2D eigenvalue weighted by atomic mass is 17.2. The molecule has 3 nitrogen and oxygen atoms in total. The summed E-state index contributed by atoms with van der Waals surface area (Å²) in [5, 5.41) is 0. The lowest BCUT2D eigenvalue weighted by Crippen LogP contribution is -2.07. The highest BCUT2D eigenvalue weighted by Crippen LogP contribution is 2.15. The van der Waals surface area contributed by atoms with Gasteiger partial charge in [-0.1, -0.05) is 48.5 Å². The first-order valence-electron chi connectivity index (χ1n) is 5.68. The number of hydrogen-bond acceptors (Lipinski definition) is 3. The molecule has 0 bridgehead atoms. The maximum atomic E-state index is 11.7. The lowest BCUT2D eigenvalue weighted by atomic mass is 10.00. The Labute approximate surface area is 106 Å². The van der Waals surface area contributed by atoms with E-state index < -0.39 is 5.97 Å². The molecule has 2 aromatic rings. The van der Waals surface area contributed by atoms with Crippen LogP contribution in [0.15, 0.2) is 54.6 Å². The molecule has 0 fully saturated rings. The summed E-state index contributed by atoms with van der Waals surface area (Å²) in [4.78, 5) is 20.7. The molecule has 0 heterocycles. The molecule has 0 aromatic heterocycles. The topological polar surface area (TPSA) is 35.5 Å². The van der Waals surface area contributed by atoms with E-state index in [0.29, 0.717) is 12.0 Å². The zero-order valence-corrected chi connectivity index (χ0v) is 10.1. The molecule has 0 saturated carbocycles. The molecule has 92 valence electrons. The largest absolute Gasteiger partial charge is 0.373 e. The van der Waals surface area contributed by atoms with Gasteiger partial charge in [-0.15, -0.1) is 0 Å². The van der Waals surface area contributed by atoms with Gasteiger partial charge in [0.1, 0.15) is 0 Å². The molecule has 0 aliphatic carbocycles. The molecule has 0 aliphatic rings. The van der Waals surface area contributed by atoms with E-state index in [1.165, 1.54) is 7.11 Å². The number of hydrogen-bond donors (Lipinski definition) is 0. The number of benzene rings is 2. The van der Waals surface area contributed by atoms with Crippen molar-refractivity contribution in [2.24, 2.45) is 0 Å². The van der Waals surface area contributed by atoms with Crippen LogP contribution in [0.2, 0.25) is 0 Å². The lowest BCUT2D eigenvalue weighted by molar-refractivity contribution is -0.216. The summed E-state index contributed by atoms with van der Waals surface area (Å²) in [6.07, 6.45) is 0.690. The van der Waals surface area contributed by atoms with Gasteiger partial charge in [-0.3, -0.25) is 4.89 Å². The normalized spacial score (nSPS) is 10.1. The van der Waals surface area contributed by atoms with E-state index in [9.17, 15) is 4.79 Å². The number of carbonyl (C=O) groups excluding carboxylic acids is 1. The van der Waals surface area contributed by atoms with Crippen LogP contribution in [-0.2, 0) is 16.2 Å². The van der Waals surface area contributed by atoms with Gasteiger partial charge in [0.25, 0.3) is 0 Å². The Morgan fingerprint density at radius 1 is 1.00 bits per heavy atom. The van der Waals surface area contributed by atoms with Crippen molar-refractivity contribution >= 4 is 5.97 Å². The van der Waals surface area contributed by atoms with Crippen LogP contribution in [0.1, 0.15) is 21.5 Å². The fraction of sp³-hybridized carbons (Fsp3) is 0.133. The molecule has 0 amide bonds. The molecular weight excluding hydrogens is 228 g/mol. The summed E-state index contributed by atoms with van der Waals surface area (Å²) >= 11 is 0. The van der Waals surface area contributed by atoms with E-state index in [-0.39, 0.29) is 0 Å². The van der Waals surface area contributed by atoms with Crippen LogP contribution >= 0.6 is 0 Å². The molecule has 18 heavy (non-hydrogen) atoms. The van der Waals surface area contributed by atoms with Gasteiger partial charge in [0.15, 0.2) is 0 Å². The van der Waals surface area contributed by atoms with Crippen molar-refractivity contribution in [3.8, 4) is 0 Å². The molecule has 0 radical (unpaired) electrons. The molecular formula is C15H14O3. The van der Waals surface area contributed by atoms with E-state index in [1.54, 1.807) is 12.1 Å². The van der Waals surface area contributed by atoms with E-state index in [2.05, 4.69) is 9.78 Å². The predicted octanol–water partition coefficient (Wildman–Crippen LogP) is 3.00. The molecule has 0 unspecified atom stereocenters. The lowest BCUT2D eigenvalue weighted by Gasteiger charge is -2.07. The fourth-order valence-electron chi connectivity index (χ4n) is 1.81. The van der Waals surface area contributed by atoms with Crippen LogP contribution in [0, 0.1) is 0 Å². The second-order valence-electron chi connectivity index (χ2n) is 3.86. The molecule has 0 N–H and O–H groups in total. The third kappa shape index (κ3) is 2.96. The SMILES string of the molecule is COOC(=O)c1ccccc1Cc1ccccc1. The first-order chi connectivity index (χ1) is 8.81. The standard InChI is InChI=1S/C15H14O3/c1-17-18-15(16)14-10-6-5-9-13(14)11-12-7-3-2-4-8-12/h2-10H,11H2,1H3. The molecule has 0 atom stereocenters. The maximum absolute atomic E-state index is 11.7.